The summed E-state index contributed by atoms with van der Waals surface area (Å²) in [5.74, 6) is -0.646. The van der Waals surface area contributed by atoms with Gasteiger partial charge >= 0.3 is 5.97 Å². The van der Waals surface area contributed by atoms with Crippen molar-refractivity contribution in [2.24, 2.45) is 0 Å². The predicted octanol–water partition coefficient (Wildman–Crippen LogP) is 4.32. The molecule has 0 spiro atoms. The first-order valence-corrected chi connectivity index (χ1v) is 9.34. The maximum atomic E-state index is 12.5. The van der Waals surface area contributed by atoms with Crippen molar-refractivity contribution < 1.29 is 19.1 Å². The van der Waals surface area contributed by atoms with E-state index in [0.29, 0.717) is 23.6 Å². The molecule has 3 aromatic carbocycles. The van der Waals surface area contributed by atoms with E-state index in [-0.39, 0.29) is 5.56 Å². The molecule has 0 aliphatic rings. The van der Waals surface area contributed by atoms with Gasteiger partial charge in [-0.2, -0.15) is 5.26 Å². The number of nitrogens with one attached hydrogen (secondary N) is 1. The number of anilines is 1. The fourth-order valence-corrected chi connectivity index (χ4v) is 2.66. The molecule has 0 saturated carbocycles. The number of hydrogen-bond acceptors (Lipinski definition) is 5. The van der Waals surface area contributed by atoms with Crippen LogP contribution in [0.4, 0.5) is 5.69 Å². The van der Waals surface area contributed by atoms with Crippen LogP contribution in [0.2, 0.25) is 0 Å². The molecule has 0 aromatic heterocycles. The number of carbonyl (C=O) groups excluding carboxylic acids is 2. The van der Waals surface area contributed by atoms with Crippen LogP contribution in [0.15, 0.2) is 78.9 Å². The average Bonchev–Trinajstić information content (AvgIpc) is 2.79. The molecule has 6 nitrogen and oxygen atoms in total. The zero-order chi connectivity index (χ0) is 21.3. The van der Waals surface area contributed by atoms with Crippen LogP contribution in [-0.2, 0) is 16.1 Å². The van der Waals surface area contributed by atoms with Crippen LogP contribution < -0.4 is 10.1 Å². The second kappa shape index (κ2) is 9.89. The van der Waals surface area contributed by atoms with Gasteiger partial charge in [0.15, 0.2) is 6.10 Å². The van der Waals surface area contributed by atoms with E-state index in [1.54, 1.807) is 48.5 Å². The molecule has 0 heterocycles. The highest BCUT2D eigenvalue weighted by Crippen LogP contribution is 2.18. The lowest BCUT2D eigenvalue weighted by Crippen LogP contribution is -2.30. The smallest absolute Gasteiger partial charge is 0.339 e. The summed E-state index contributed by atoms with van der Waals surface area (Å²) in [5.41, 5.74) is 1.97. The molecule has 0 bridgehead atoms. The van der Waals surface area contributed by atoms with Gasteiger partial charge in [0, 0.05) is 0 Å². The molecule has 0 aliphatic carbocycles. The molecule has 3 aromatic rings. The maximum absolute atomic E-state index is 12.5. The molecule has 1 atom stereocenters. The molecule has 6 heteroatoms. The van der Waals surface area contributed by atoms with Crippen LogP contribution in [0.1, 0.15) is 28.4 Å². The second-order valence-corrected chi connectivity index (χ2v) is 6.50. The van der Waals surface area contributed by atoms with E-state index in [4.69, 9.17) is 14.7 Å². The summed E-state index contributed by atoms with van der Waals surface area (Å²) in [6.07, 6.45) is -1.04. The van der Waals surface area contributed by atoms with E-state index in [1.165, 1.54) is 6.92 Å². The van der Waals surface area contributed by atoms with Crippen LogP contribution in [0.5, 0.6) is 5.75 Å². The third kappa shape index (κ3) is 5.46. The van der Waals surface area contributed by atoms with Gasteiger partial charge in [0.1, 0.15) is 18.4 Å². The Hall–Kier alpha value is -4.11. The van der Waals surface area contributed by atoms with Gasteiger partial charge < -0.3 is 14.8 Å². The minimum absolute atomic E-state index is 0.276. The summed E-state index contributed by atoms with van der Waals surface area (Å²) in [4.78, 5) is 24.8. The highest BCUT2D eigenvalue weighted by Gasteiger charge is 2.20. The molecule has 0 fully saturated rings. The normalized spacial score (nSPS) is 11.1. The van der Waals surface area contributed by atoms with Crippen molar-refractivity contribution in [3.63, 3.8) is 0 Å². The number of ether oxygens (including phenoxy) is 2. The highest BCUT2D eigenvalue weighted by molar-refractivity contribution is 5.98. The van der Waals surface area contributed by atoms with Crippen molar-refractivity contribution in [1.82, 2.24) is 0 Å². The number of hydrogen-bond donors (Lipinski definition) is 1. The van der Waals surface area contributed by atoms with Crippen molar-refractivity contribution in [2.75, 3.05) is 5.32 Å². The number of rotatable bonds is 7. The maximum Gasteiger partial charge on any atom is 0.339 e. The minimum Gasteiger partial charge on any atom is -0.489 e. The summed E-state index contributed by atoms with van der Waals surface area (Å²) in [7, 11) is 0. The van der Waals surface area contributed by atoms with Gasteiger partial charge in [-0.15, -0.1) is 0 Å². The zero-order valence-corrected chi connectivity index (χ0v) is 16.4. The van der Waals surface area contributed by atoms with Crippen molar-refractivity contribution in [3.8, 4) is 11.8 Å². The molecule has 0 unspecified atom stereocenters. The monoisotopic (exact) mass is 400 g/mol. The number of esters is 1. The molecule has 0 radical (unpaired) electrons. The van der Waals surface area contributed by atoms with Gasteiger partial charge in [-0.05, 0) is 42.8 Å². The Morgan fingerprint density at radius 2 is 1.73 bits per heavy atom. The Labute approximate surface area is 174 Å². The van der Waals surface area contributed by atoms with Gasteiger partial charge in [0.05, 0.1) is 16.8 Å². The number of benzene rings is 3. The van der Waals surface area contributed by atoms with Crippen molar-refractivity contribution in [3.05, 3.63) is 95.6 Å². The molecule has 0 aliphatic heterocycles. The third-order valence-electron chi connectivity index (χ3n) is 4.28. The SMILES string of the molecule is C[C@@H](OC(=O)c1cccc(OCc2ccccc2)c1)C(=O)Nc1ccccc1C#N. The van der Waals surface area contributed by atoms with Gasteiger partial charge in [0.25, 0.3) is 5.91 Å². The number of nitriles is 1. The fourth-order valence-electron chi connectivity index (χ4n) is 2.66. The van der Waals surface area contributed by atoms with Gasteiger partial charge in [-0.1, -0.05) is 48.5 Å². The van der Waals surface area contributed by atoms with Crippen LogP contribution in [-0.4, -0.2) is 18.0 Å². The van der Waals surface area contributed by atoms with E-state index < -0.39 is 18.0 Å². The molecular weight excluding hydrogens is 380 g/mol. The second-order valence-electron chi connectivity index (χ2n) is 6.50. The summed E-state index contributed by atoms with van der Waals surface area (Å²) >= 11 is 0. The van der Waals surface area contributed by atoms with Gasteiger partial charge in [-0.3, -0.25) is 4.79 Å². The van der Waals surface area contributed by atoms with Crippen molar-refractivity contribution >= 4 is 17.6 Å². The van der Waals surface area contributed by atoms with Gasteiger partial charge in [0.2, 0.25) is 0 Å². The van der Waals surface area contributed by atoms with Crippen molar-refractivity contribution in [2.45, 2.75) is 19.6 Å². The standard InChI is InChI=1S/C24H20N2O4/c1-17(23(27)26-22-13-6-5-10-20(22)15-25)30-24(28)19-11-7-12-21(14-19)29-16-18-8-3-2-4-9-18/h2-14,17H,16H2,1H3,(H,26,27)/t17-/m1/s1. The van der Waals surface area contributed by atoms with E-state index in [2.05, 4.69) is 5.32 Å². The Bertz CT molecular complexity index is 1070. The highest BCUT2D eigenvalue weighted by atomic mass is 16.5. The minimum atomic E-state index is -1.04. The Morgan fingerprint density at radius 1 is 1.00 bits per heavy atom. The molecule has 1 N–H and O–H groups in total. The summed E-state index contributed by atoms with van der Waals surface area (Å²) in [6, 6.07) is 24.9. The fraction of sp³-hybridized carbons (Fsp3) is 0.125. The Kier molecular flexibility index (Phi) is 6.80. The number of para-hydroxylation sites is 1. The Morgan fingerprint density at radius 3 is 2.50 bits per heavy atom. The largest absolute Gasteiger partial charge is 0.489 e. The number of nitrogens with zero attached hydrogens (tertiary/aromatic N) is 1. The molecule has 150 valence electrons. The Balaban J connectivity index is 1.59. The lowest BCUT2D eigenvalue weighted by atomic mass is 10.2. The molecule has 0 saturated heterocycles. The first-order chi connectivity index (χ1) is 14.6. The molecule has 30 heavy (non-hydrogen) atoms. The average molecular weight is 400 g/mol. The van der Waals surface area contributed by atoms with E-state index in [9.17, 15) is 9.59 Å². The lowest BCUT2D eigenvalue weighted by molar-refractivity contribution is -0.123. The predicted molar refractivity (Wildman–Crippen MR) is 112 cm³/mol. The topological polar surface area (TPSA) is 88.4 Å². The molecule has 1 amide bonds. The van der Waals surface area contributed by atoms with E-state index in [1.807, 2.05) is 36.4 Å². The first-order valence-electron chi connectivity index (χ1n) is 9.34. The van der Waals surface area contributed by atoms with Crippen molar-refractivity contribution in [1.29, 1.82) is 5.26 Å². The van der Waals surface area contributed by atoms with E-state index in [0.717, 1.165) is 5.56 Å². The molecular formula is C24H20N2O4. The third-order valence-corrected chi connectivity index (χ3v) is 4.28. The quantitative estimate of drug-likeness (QED) is 0.597. The molecule has 3 rings (SSSR count). The van der Waals surface area contributed by atoms with Crippen LogP contribution >= 0.6 is 0 Å². The van der Waals surface area contributed by atoms with Crippen LogP contribution in [0, 0.1) is 11.3 Å². The summed E-state index contributed by atoms with van der Waals surface area (Å²) < 4.78 is 11.0. The number of amides is 1. The van der Waals surface area contributed by atoms with Crippen LogP contribution in [0.25, 0.3) is 0 Å². The lowest BCUT2D eigenvalue weighted by Gasteiger charge is -2.14. The van der Waals surface area contributed by atoms with Crippen LogP contribution in [0.3, 0.4) is 0 Å². The zero-order valence-electron chi connectivity index (χ0n) is 16.4. The summed E-state index contributed by atoms with van der Waals surface area (Å²) in [5, 5.41) is 11.7. The van der Waals surface area contributed by atoms with E-state index >= 15 is 0 Å². The van der Waals surface area contributed by atoms with Gasteiger partial charge in [-0.25, -0.2) is 4.79 Å². The first kappa shape index (κ1) is 20.6. The summed E-state index contributed by atoms with van der Waals surface area (Å²) in [6.45, 7) is 1.84. The number of carbonyl (C=O) groups is 2.